The van der Waals surface area contributed by atoms with E-state index in [1.54, 1.807) is 14.0 Å². The second-order valence-corrected chi connectivity index (χ2v) is 6.12. The van der Waals surface area contributed by atoms with Crippen LogP contribution in [0.15, 0.2) is 63.9 Å². The highest BCUT2D eigenvalue weighted by atomic mass is 16.4. The van der Waals surface area contributed by atoms with Gasteiger partial charge in [0, 0.05) is 25.1 Å². The van der Waals surface area contributed by atoms with Gasteiger partial charge < -0.3 is 9.52 Å². The van der Waals surface area contributed by atoms with Gasteiger partial charge in [-0.3, -0.25) is 9.36 Å². The van der Waals surface area contributed by atoms with Gasteiger partial charge in [0.1, 0.15) is 5.82 Å². The van der Waals surface area contributed by atoms with Gasteiger partial charge in [0.05, 0.1) is 6.20 Å². The first-order valence-corrected chi connectivity index (χ1v) is 8.29. The van der Waals surface area contributed by atoms with Crippen LogP contribution in [0.5, 0.6) is 5.75 Å². The zero-order chi connectivity index (χ0) is 19.0. The van der Waals surface area contributed by atoms with Crippen molar-refractivity contribution in [2.75, 3.05) is 0 Å². The van der Waals surface area contributed by atoms with Gasteiger partial charge in [-0.2, -0.15) is 0 Å². The maximum atomic E-state index is 12.0. The second kappa shape index (κ2) is 6.53. The Hall–Kier alpha value is -3.74. The van der Waals surface area contributed by atoms with E-state index in [9.17, 15) is 9.90 Å². The Morgan fingerprint density at radius 2 is 1.59 bits per heavy atom. The Balaban J connectivity index is 1.78. The minimum atomic E-state index is -0.487. The quantitative estimate of drug-likeness (QED) is 0.603. The fourth-order valence-electron chi connectivity index (χ4n) is 2.88. The van der Waals surface area contributed by atoms with E-state index in [1.807, 2.05) is 48.5 Å². The van der Waals surface area contributed by atoms with Crippen LogP contribution in [0.2, 0.25) is 0 Å². The summed E-state index contributed by atoms with van der Waals surface area (Å²) in [5.74, 6) is 1.08. The Kier molecular flexibility index (Phi) is 4.04. The number of rotatable bonds is 3. The molecule has 0 aliphatic carbocycles. The lowest BCUT2D eigenvalue weighted by atomic mass is 10.0. The molecule has 1 N–H and O–H groups in total. The van der Waals surface area contributed by atoms with Crippen molar-refractivity contribution >= 4 is 0 Å². The van der Waals surface area contributed by atoms with Crippen LogP contribution in [0.4, 0.5) is 0 Å². The average Bonchev–Trinajstić information content (AvgIpc) is 3.13. The minimum Gasteiger partial charge on any atom is -0.502 e. The molecule has 0 aliphatic heterocycles. The first-order valence-electron chi connectivity index (χ1n) is 8.29. The predicted octanol–water partition coefficient (Wildman–Crippen LogP) is 3.18. The summed E-state index contributed by atoms with van der Waals surface area (Å²) in [5, 5.41) is 17.5. The molecule has 0 aliphatic rings. The van der Waals surface area contributed by atoms with E-state index < -0.39 is 5.56 Å². The number of hydrogen-bond donors (Lipinski definition) is 1. The summed E-state index contributed by atoms with van der Waals surface area (Å²) in [6.45, 7) is 1.75. The van der Waals surface area contributed by atoms with Crippen molar-refractivity contribution in [3.05, 3.63) is 71.0 Å². The van der Waals surface area contributed by atoms with Gasteiger partial charge in [0.2, 0.25) is 11.8 Å². The lowest BCUT2D eigenvalue weighted by Crippen LogP contribution is -2.18. The molecule has 0 saturated carbocycles. The van der Waals surface area contributed by atoms with Crippen molar-refractivity contribution in [3.63, 3.8) is 0 Å². The Labute approximate surface area is 154 Å². The molecule has 0 saturated heterocycles. The number of aryl methyl sites for hydroxylation is 1. The van der Waals surface area contributed by atoms with E-state index in [-0.39, 0.29) is 5.75 Å². The maximum Gasteiger partial charge on any atom is 0.295 e. The van der Waals surface area contributed by atoms with Gasteiger partial charge in [-0.25, -0.2) is 4.98 Å². The SMILES string of the molecule is Cc1nnc(-c2cccc(-c3cccc(-c4ncc(O)c(=O)n4C)c3)c2)o1. The number of aromatic hydroxyl groups is 1. The van der Waals surface area contributed by atoms with E-state index in [4.69, 9.17) is 4.42 Å². The largest absolute Gasteiger partial charge is 0.502 e. The van der Waals surface area contributed by atoms with Crippen LogP contribution in [-0.2, 0) is 7.05 Å². The molecule has 0 atom stereocenters. The van der Waals surface area contributed by atoms with Crippen LogP contribution in [-0.4, -0.2) is 24.9 Å². The van der Waals surface area contributed by atoms with Crippen molar-refractivity contribution in [1.29, 1.82) is 0 Å². The first kappa shape index (κ1) is 16.7. The molecule has 2 heterocycles. The summed E-state index contributed by atoms with van der Waals surface area (Å²) in [5.41, 5.74) is 3.03. The fraction of sp³-hybridized carbons (Fsp3) is 0.100. The molecule has 7 nitrogen and oxygen atoms in total. The molecule has 27 heavy (non-hydrogen) atoms. The van der Waals surface area contributed by atoms with Gasteiger partial charge >= 0.3 is 0 Å². The molecular formula is C20H16N4O3. The van der Waals surface area contributed by atoms with E-state index in [0.29, 0.717) is 17.6 Å². The molecule has 0 radical (unpaired) electrons. The van der Waals surface area contributed by atoms with E-state index in [0.717, 1.165) is 22.3 Å². The first-order chi connectivity index (χ1) is 13.0. The van der Waals surface area contributed by atoms with Crippen LogP contribution < -0.4 is 5.56 Å². The van der Waals surface area contributed by atoms with E-state index in [2.05, 4.69) is 15.2 Å². The summed E-state index contributed by atoms with van der Waals surface area (Å²) in [6, 6.07) is 15.5. The lowest BCUT2D eigenvalue weighted by Gasteiger charge is -2.09. The zero-order valence-corrected chi connectivity index (χ0v) is 14.7. The molecular weight excluding hydrogens is 344 g/mol. The molecule has 7 heteroatoms. The zero-order valence-electron chi connectivity index (χ0n) is 14.7. The van der Waals surface area contributed by atoms with Crippen molar-refractivity contribution in [2.45, 2.75) is 6.92 Å². The summed E-state index contributed by atoms with van der Waals surface area (Å²) < 4.78 is 6.83. The summed E-state index contributed by atoms with van der Waals surface area (Å²) in [7, 11) is 1.58. The number of hydrogen-bond acceptors (Lipinski definition) is 6. The highest BCUT2D eigenvalue weighted by Gasteiger charge is 2.11. The predicted molar refractivity (Wildman–Crippen MR) is 100 cm³/mol. The van der Waals surface area contributed by atoms with Crippen LogP contribution >= 0.6 is 0 Å². The normalized spacial score (nSPS) is 10.9. The van der Waals surface area contributed by atoms with Gasteiger partial charge in [0.25, 0.3) is 5.56 Å². The lowest BCUT2D eigenvalue weighted by molar-refractivity contribution is 0.457. The number of aromatic nitrogens is 4. The standard InChI is InChI=1S/C20H16N4O3/c1-12-22-23-19(27-12)16-8-4-6-14(10-16)13-5-3-7-15(9-13)18-21-11-17(25)20(26)24(18)2/h3-11,25H,1-2H3. The Morgan fingerprint density at radius 1 is 0.963 bits per heavy atom. The fourth-order valence-corrected chi connectivity index (χ4v) is 2.88. The number of nitrogens with zero attached hydrogens (tertiary/aromatic N) is 4. The monoisotopic (exact) mass is 360 g/mol. The molecule has 0 fully saturated rings. The molecule has 0 bridgehead atoms. The molecule has 0 spiro atoms. The molecule has 0 amide bonds. The van der Waals surface area contributed by atoms with Crippen molar-refractivity contribution in [2.24, 2.45) is 7.05 Å². The Morgan fingerprint density at radius 3 is 2.26 bits per heavy atom. The molecule has 2 aromatic heterocycles. The van der Waals surface area contributed by atoms with Crippen LogP contribution in [0, 0.1) is 6.92 Å². The van der Waals surface area contributed by atoms with Crippen molar-refractivity contribution < 1.29 is 9.52 Å². The average molecular weight is 360 g/mol. The highest BCUT2D eigenvalue weighted by molar-refractivity contribution is 5.73. The van der Waals surface area contributed by atoms with Gasteiger partial charge in [-0.1, -0.05) is 30.3 Å². The summed E-state index contributed by atoms with van der Waals surface area (Å²) in [4.78, 5) is 16.2. The van der Waals surface area contributed by atoms with Crippen LogP contribution in [0.1, 0.15) is 5.89 Å². The minimum absolute atomic E-state index is 0.375. The van der Waals surface area contributed by atoms with Crippen LogP contribution in [0.3, 0.4) is 0 Å². The van der Waals surface area contributed by atoms with Crippen molar-refractivity contribution in [3.8, 4) is 39.7 Å². The summed E-state index contributed by atoms with van der Waals surface area (Å²) in [6.07, 6.45) is 1.17. The molecule has 134 valence electrons. The van der Waals surface area contributed by atoms with E-state index >= 15 is 0 Å². The molecule has 2 aromatic carbocycles. The maximum absolute atomic E-state index is 12.0. The molecule has 0 unspecified atom stereocenters. The molecule has 4 rings (SSSR count). The van der Waals surface area contributed by atoms with Crippen LogP contribution in [0.25, 0.3) is 34.0 Å². The summed E-state index contributed by atoms with van der Waals surface area (Å²) >= 11 is 0. The third-order valence-corrected chi connectivity index (χ3v) is 4.24. The highest BCUT2D eigenvalue weighted by Crippen LogP contribution is 2.28. The molecule has 4 aromatic rings. The van der Waals surface area contributed by atoms with Gasteiger partial charge in [-0.05, 0) is 29.3 Å². The Bertz CT molecular complexity index is 1190. The van der Waals surface area contributed by atoms with Gasteiger partial charge in [-0.15, -0.1) is 10.2 Å². The third-order valence-electron chi connectivity index (χ3n) is 4.24. The smallest absolute Gasteiger partial charge is 0.295 e. The van der Waals surface area contributed by atoms with E-state index in [1.165, 1.54) is 10.8 Å². The van der Waals surface area contributed by atoms with Crippen molar-refractivity contribution in [1.82, 2.24) is 19.7 Å². The topological polar surface area (TPSA) is 94.0 Å². The number of benzene rings is 2. The third kappa shape index (κ3) is 3.10. The van der Waals surface area contributed by atoms with Gasteiger partial charge in [0.15, 0.2) is 5.75 Å². The second-order valence-electron chi connectivity index (χ2n) is 6.12.